The molecule has 3 aromatic rings. The number of hydrogen-bond acceptors (Lipinski definition) is 1. The van der Waals surface area contributed by atoms with Crippen LogP contribution in [0.4, 0.5) is 0 Å². The number of aryl methyl sites for hydroxylation is 1. The summed E-state index contributed by atoms with van der Waals surface area (Å²) >= 11 is 6.05. The van der Waals surface area contributed by atoms with Gasteiger partial charge in [0.1, 0.15) is 10.7 Å². The third-order valence-electron chi connectivity index (χ3n) is 2.84. The topological polar surface area (TPSA) is 26.4 Å². The van der Waals surface area contributed by atoms with Crippen LogP contribution in [0.5, 0.6) is 0 Å². The molecule has 0 saturated heterocycles. The Kier molecular flexibility index (Phi) is 1.85. The Morgan fingerprint density at radius 1 is 1.06 bits per heavy atom. The molecule has 1 aromatic carbocycles. The van der Waals surface area contributed by atoms with E-state index in [1.165, 1.54) is 0 Å². The van der Waals surface area contributed by atoms with E-state index in [4.69, 9.17) is 11.6 Å². The first-order chi connectivity index (χ1) is 7.70. The molecule has 0 spiro atoms. The van der Waals surface area contributed by atoms with Gasteiger partial charge in [-0.3, -0.25) is 9.48 Å². The first kappa shape index (κ1) is 9.48. The van der Waals surface area contributed by atoms with Crippen molar-refractivity contribution in [3.8, 4) is 0 Å². The van der Waals surface area contributed by atoms with E-state index in [1.807, 2.05) is 36.0 Å². The number of benzene rings is 1. The number of rotatable bonds is 0. The zero-order chi connectivity index (χ0) is 11.3. The fourth-order valence-corrected chi connectivity index (χ4v) is 2.34. The lowest BCUT2D eigenvalue weighted by Gasteiger charge is -2.10. The third kappa shape index (κ3) is 1.06. The van der Waals surface area contributed by atoms with Crippen LogP contribution in [-0.2, 0) is 7.05 Å². The zero-order valence-corrected chi connectivity index (χ0v) is 9.40. The van der Waals surface area contributed by atoms with Crippen molar-refractivity contribution < 1.29 is 0 Å². The van der Waals surface area contributed by atoms with Crippen molar-refractivity contribution in [1.82, 2.24) is 9.20 Å². The molecule has 3 rings (SSSR count). The van der Waals surface area contributed by atoms with Crippen LogP contribution in [0.1, 0.15) is 0 Å². The van der Waals surface area contributed by atoms with Crippen molar-refractivity contribution in [3.05, 3.63) is 51.8 Å². The lowest BCUT2D eigenvalue weighted by Crippen LogP contribution is -2.15. The number of aromatic nitrogens is 2. The van der Waals surface area contributed by atoms with Gasteiger partial charge in [0.15, 0.2) is 0 Å². The van der Waals surface area contributed by atoms with Gasteiger partial charge in [-0.05, 0) is 24.3 Å². The van der Waals surface area contributed by atoms with Crippen LogP contribution in [0.15, 0.2) is 41.2 Å². The van der Waals surface area contributed by atoms with Crippen molar-refractivity contribution >= 4 is 28.0 Å². The minimum Gasteiger partial charge on any atom is -0.287 e. The largest absolute Gasteiger partial charge is 0.287 e. The van der Waals surface area contributed by atoms with Gasteiger partial charge in [-0.1, -0.05) is 23.7 Å². The number of nitrogens with zero attached hydrogens (tertiary/aromatic N) is 2. The third-order valence-corrected chi connectivity index (χ3v) is 3.13. The van der Waals surface area contributed by atoms with Gasteiger partial charge in [-0.2, -0.15) is 0 Å². The molecular formula is C12H9ClN2O. The van der Waals surface area contributed by atoms with Crippen LogP contribution in [0.3, 0.4) is 0 Å². The monoisotopic (exact) mass is 232 g/mol. The van der Waals surface area contributed by atoms with Crippen LogP contribution in [0.25, 0.3) is 16.4 Å². The lowest BCUT2D eigenvalue weighted by molar-refractivity contribution is 0.720. The van der Waals surface area contributed by atoms with Gasteiger partial charge >= 0.3 is 0 Å². The molecule has 0 aliphatic rings. The average molecular weight is 233 g/mol. The highest BCUT2D eigenvalue weighted by Crippen LogP contribution is 2.17. The lowest BCUT2D eigenvalue weighted by atomic mass is 10.2. The van der Waals surface area contributed by atoms with Crippen molar-refractivity contribution in [3.63, 3.8) is 0 Å². The molecule has 0 amide bonds. The summed E-state index contributed by atoms with van der Waals surface area (Å²) in [5.74, 6) is 0. The Balaban J connectivity index is 2.75. The summed E-state index contributed by atoms with van der Waals surface area (Å²) in [6.45, 7) is 0. The molecule has 0 radical (unpaired) electrons. The van der Waals surface area contributed by atoms with Gasteiger partial charge in [-0.15, -0.1) is 0 Å². The van der Waals surface area contributed by atoms with E-state index >= 15 is 0 Å². The van der Waals surface area contributed by atoms with E-state index in [9.17, 15) is 4.79 Å². The quantitative estimate of drug-likeness (QED) is 0.585. The van der Waals surface area contributed by atoms with E-state index in [2.05, 4.69) is 0 Å². The Bertz CT molecular complexity index is 755. The molecule has 3 nitrogen and oxygen atoms in total. The fourth-order valence-electron chi connectivity index (χ4n) is 2.07. The summed E-state index contributed by atoms with van der Waals surface area (Å²) in [6.07, 6.45) is 0. The standard InChI is InChI=1S/C12H9ClN2O/c1-14-9-5-3-2-4-8(9)12(16)10-6-7-11(13)15(10)14/h2-7H,1H3. The smallest absolute Gasteiger partial charge is 0.213 e. The van der Waals surface area contributed by atoms with Gasteiger partial charge in [0, 0.05) is 12.4 Å². The SMILES string of the molecule is Cn1c2ccccc2c(=O)c2ccc(Cl)n21. The Hall–Kier alpha value is -1.74. The average Bonchev–Trinajstić information content (AvgIpc) is 2.69. The number of hydrogen-bond donors (Lipinski definition) is 0. The zero-order valence-electron chi connectivity index (χ0n) is 8.64. The molecule has 0 fully saturated rings. The second-order valence-electron chi connectivity index (χ2n) is 3.72. The van der Waals surface area contributed by atoms with Crippen LogP contribution in [0.2, 0.25) is 5.15 Å². The van der Waals surface area contributed by atoms with Gasteiger partial charge in [0.05, 0.1) is 5.52 Å². The molecule has 16 heavy (non-hydrogen) atoms. The summed E-state index contributed by atoms with van der Waals surface area (Å²) in [5, 5.41) is 1.26. The summed E-state index contributed by atoms with van der Waals surface area (Å²) in [7, 11) is 1.89. The molecule has 0 atom stereocenters. The summed E-state index contributed by atoms with van der Waals surface area (Å²) < 4.78 is 3.60. The van der Waals surface area contributed by atoms with Crippen LogP contribution < -0.4 is 5.43 Å². The molecule has 4 heteroatoms. The molecule has 0 N–H and O–H groups in total. The van der Waals surface area contributed by atoms with Crippen LogP contribution in [-0.4, -0.2) is 9.20 Å². The predicted octanol–water partition coefficient (Wildman–Crippen LogP) is 2.44. The van der Waals surface area contributed by atoms with Gasteiger partial charge in [-0.25, -0.2) is 4.52 Å². The molecule has 0 unspecified atom stereocenters. The van der Waals surface area contributed by atoms with E-state index in [-0.39, 0.29) is 5.43 Å². The normalized spacial score (nSPS) is 11.4. The molecule has 80 valence electrons. The first-order valence-corrected chi connectivity index (χ1v) is 5.33. The van der Waals surface area contributed by atoms with Crippen molar-refractivity contribution in [2.45, 2.75) is 0 Å². The summed E-state index contributed by atoms with van der Waals surface area (Å²) in [5.41, 5.74) is 1.49. The molecule has 2 heterocycles. The molecule has 0 bridgehead atoms. The Morgan fingerprint density at radius 3 is 2.62 bits per heavy atom. The molecular weight excluding hydrogens is 224 g/mol. The van der Waals surface area contributed by atoms with Crippen molar-refractivity contribution in [1.29, 1.82) is 0 Å². The molecule has 0 aliphatic heterocycles. The number of fused-ring (bicyclic) bond motifs is 2. The molecule has 0 aliphatic carbocycles. The number of halogens is 1. The van der Waals surface area contributed by atoms with Crippen molar-refractivity contribution in [2.75, 3.05) is 0 Å². The predicted molar refractivity (Wildman–Crippen MR) is 65.2 cm³/mol. The van der Waals surface area contributed by atoms with Gasteiger partial charge < -0.3 is 0 Å². The maximum atomic E-state index is 12.2. The summed E-state index contributed by atoms with van der Waals surface area (Å²) in [4.78, 5) is 12.2. The van der Waals surface area contributed by atoms with Crippen molar-refractivity contribution in [2.24, 2.45) is 7.05 Å². The minimum absolute atomic E-state index is 0.0144. The Morgan fingerprint density at radius 2 is 1.81 bits per heavy atom. The van der Waals surface area contributed by atoms with E-state index in [0.717, 1.165) is 5.52 Å². The summed E-state index contributed by atoms with van der Waals surface area (Å²) in [6, 6.07) is 11.0. The molecule has 0 saturated carbocycles. The van der Waals surface area contributed by atoms with E-state index < -0.39 is 0 Å². The van der Waals surface area contributed by atoms with Crippen LogP contribution in [0, 0.1) is 0 Å². The maximum absolute atomic E-state index is 12.2. The first-order valence-electron chi connectivity index (χ1n) is 4.95. The van der Waals surface area contributed by atoms with Crippen LogP contribution >= 0.6 is 11.6 Å². The van der Waals surface area contributed by atoms with E-state index in [0.29, 0.717) is 16.1 Å². The highest BCUT2D eigenvalue weighted by atomic mass is 35.5. The highest BCUT2D eigenvalue weighted by molar-refractivity contribution is 6.30. The van der Waals surface area contributed by atoms with Gasteiger partial charge in [0.2, 0.25) is 5.43 Å². The second-order valence-corrected chi connectivity index (χ2v) is 4.11. The highest BCUT2D eigenvalue weighted by Gasteiger charge is 2.09. The number of para-hydroxylation sites is 1. The van der Waals surface area contributed by atoms with Gasteiger partial charge in [0.25, 0.3) is 0 Å². The van der Waals surface area contributed by atoms with E-state index in [1.54, 1.807) is 16.6 Å². The Labute approximate surface area is 96.5 Å². The molecule has 2 aromatic heterocycles. The maximum Gasteiger partial charge on any atom is 0.213 e. The minimum atomic E-state index is 0.0144. The fraction of sp³-hybridized carbons (Fsp3) is 0.0833. The second kappa shape index (κ2) is 3.12.